The molecule has 1 atom stereocenters. The Morgan fingerprint density at radius 3 is 2.81 bits per heavy atom. The predicted molar refractivity (Wildman–Crippen MR) is 105 cm³/mol. The molecular formula is C19H17BrN6O. The van der Waals surface area contributed by atoms with Gasteiger partial charge in [-0.25, -0.2) is 0 Å². The first-order valence-corrected chi connectivity index (χ1v) is 9.29. The van der Waals surface area contributed by atoms with Gasteiger partial charge in [-0.1, -0.05) is 34.1 Å². The standard InChI is InChI=1S/C19H17BrN6O/c1-12(19-23-24-25-26(19)15-8-6-14(20)7-9-15)22-18(27)10-13-11-21-17-5-3-2-4-16(13)17/h2-9,11-12,21H,10H2,1H3,(H,22,27). The van der Waals surface area contributed by atoms with E-state index in [9.17, 15) is 4.79 Å². The Kier molecular flexibility index (Phi) is 4.72. The number of rotatable bonds is 5. The highest BCUT2D eigenvalue weighted by atomic mass is 79.9. The highest BCUT2D eigenvalue weighted by Crippen LogP contribution is 2.19. The molecule has 0 aliphatic heterocycles. The minimum Gasteiger partial charge on any atom is -0.361 e. The predicted octanol–water partition coefficient (Wildman–Crippen LogP) is 3.33. The number of para-hydroxylation sites is 1. The van der Waals surface area contributed by atoms with Crippen LogP contribution in [0.2, 0.25) is 0 Å². The molecule has 2 aromatic heterocycles. The summed E-state index contributed by atoms with van der Waals surface area (Å²) in [6.07, 6.45) is 2.16. The molecule has 1 amide bonds. The number of fused-ring (bicyclic) bond motifs is 1. The van der Waals surface area contributed by atoms with Crippen LogP contribution in [-0.2, 0) is 11.2 Å². The van der Waals surface area contributed by atoms with Crippen molar-refractivity contribution in [3.8, 4) is 5.69 Å². The molecule has 2 aromatic carbocycles. The lowest BCUT2D eigenvalue weighted by atomic mass is 10.1. The summed E-state index contributed by atoms with van der Waals surface area (Å²) in [6, 6.07) is 15.2. The van der Waals surface area contributed by atoms with E-state index in [0.29, 0.717) is 5.82 Å². The molecule has 0 aliphatic carbocycles. The molecule has 0 fully saturated rings. The highest BCUT2D eigenvalue weighted by Gasteiger charge is 2.18. The number of benzene rings is 2. The van der Waals surface area contributed by atoms with Crippen LogP contribution in [0.15, 0.2) is 59.2 Å². The van der Waals surface area contributed by atoms with Gasteiger partial charge in [0.05, 0.1) is 18.2 Å². The summed E-state index contributed by atoms with van der Waals surface area (Å²) in [7, 11) is 0. The second kappa shape index (κ2) is 7.32. The number of hydrogen-bond donors (Lipinski definition) is 2. The number of carbonyl (C=O) groups excluding carboxylic acids is 1. The van der Waals surface area contributed by atoms with Crippen molar-refractivity contribution in [3.63, 3.8) is 0 Å². The molecule has 1 unspecified atom stereocenters. The van der Waals surface area contributed by atoms with E-state index in [1.807, 2.05) is 61.7 Å². The number of nitrogens with one attached hydrogen (secondary N) is 2. The Morgan fingerprint density at radius 2 is 2.00 bits per heavy atom. The minimum absolute atomic E-state index is 0.0855. The van der Waals surface area contributed by atoms with Gasteiger partial charge in [0.2, 0.25) is 5.91 Å². The zero-order valence-electron chi connectivity index (χ0n) is 14.6. The average Bonchev–Trinajstić information content (AvgIpc) is 3.30. The second-order valence-corrected chi connectivity index (χ2v) is 7.17. The number of nitrogens with zero attached hydrogens (tertiary/aromatic N) is 4. The van der Waals surface area contributed by atoms with E-state index in [2.05, 4.69) is 41.8 Å². The summed E-state index contributed by atoms with van der Waals surface area (Å²) >= 11 is 3.41. The molecule has 8 heteroatoms. The van der Waals surface area contributed by atoms with Crippen molar-refractivity contribution in [2.75, 3.05) is 0 Å². The van der Waals surface area contributed by atoms with Crippen LogP contribution >= 0.6 is 15.9 Å². The average molecular weight is 425 g/mol. The van der Waals surface area contributed by atoms with Crippen LogP contribution in [0.3, 0.4) is 0 Å². The van der Waals surface area contributed by atoms with Gasteiger partial charge in [-0.15, -0.1) is 5.10 Å². The highest BCUT2D eigenvalue weighted by molar-refractivity contribution is 9.10. The van der Waals surface area contributed by atoms with Crippen molar-refractivity contribution in [2.24, 2.45) is 0 Å². The summed E-state index contributed by atoms with van der Waals surface area (Å²) in [5, 5.41) is 15.9. The Morgan fingerprint density at radius 1 is 1.22 bits per heavy atom. The van der Waals surface area contributed by atoms with Crippen molar-refractivity contribution in [2.45, 2.75) is 19.4 Å². The fourth-order valence-electron chi connectivity index (χ4n) is 3.04. The molecule has 4 rings (SSSR count). The van der Waals surface area contributed by atoms with Gasteiger partial charge < -0.3 is 10.3 Å². The van der Waals surface area contributed by atoms with Crippen LogP contribution in [-0.4, -0.2) is 31.1 Å². The molecular weight excluding hydrogens is 408 g/mol. The molecule has 7 nitrogen and oxygen atoms in total. The SMILES string of the molecule is CC(NC(=O)Cc1c[nH]c2ccccc12)c1nnnn1-c1ccc(Br)cc1. The van der Waals surface area contributed by atoms with Gasteiger partial charge in [-0.2, -0.15) is 4.68 Å². The maximum absolute atomic E-state index is 12.5. The van der Waals surface area contributed by atoms with Crippen LogP contribution in [0.4, 0.5) is 0 Å². The van der Waals surface area contributed by atoms with Gasteiger partial charge in [0.25, 0.3) is 0 Å². The lowest BCUT2D eigenvalue weighted by molar-refractivity contribution is -0.121. The quantitative estimate of drug-likeness (QED) is 0.514. The van der Waals surface area contributed by atoms with E-state index in [1.165, 1.54) is 0 Å². The van der Waals surface area contributed by atoms with Gasteiger partial charge >= 0.3 is 0 Å². The number of aromatic amines is 1. The lowest BCUT2D eigenvalue weighted by Gasteiger charge is -2.13. The summed E-state index contributed by atoms with van der Waals surface area (Å²) in [6.45, 7) is 1.87. The van der Waals surface area contributed by atoms with Gasteiger partial charge in [-0.05, 0) is 53.2 Å². The van der Waals surface area contributed by atoms with Crippen LogP contribution in [0.5, 0.6) is 0 Å². The van der Waals surface area contributed by atoms with E-state index < -0.39 is 0 Å². The molecule has 0 spiro atoms. The summed E-state index contributed by atoms with van der Waals surface area (Å²) < 4.78 is 2.60. The zero-order chi connectivity index (χ0) is 18.8. The van der Waals surface area contributed by atoms with Crippen molar-refractivity contribution < 1.29 is 4.79 Å². The molecule has 27 heavy (non-hydrogen) atoms. The van der Waals surface area contributed by atoms with Crippen molar-refractivity contribution in [3.05, 3.63) is 70.6 Å². The Bertz CT molecular complexity index is 1080. The Hall–Kier alpha value is -3.00. The molecule has 0 saturated heterocycles. The van der Waals surface area contributed by atoms with Gasteiger partial charge in [0.15, 0.2) is 5.82 Å². The van der Waals surface area contributed by atoms with Crippen LogP contribution < -0.4 is 5.32 Å². The molecule has 2 N–H and O–H groups in total. The monoisotopic (exact) mass is 424 g/mol. The van der Waals surface area contributed by atoms with Gasteiger partial charge in [-0.3, -0.25) is 4.79 Å². The van der Waals surface area contributed by atoms with Crippen LogP contribution in [0, 0.1) is 0 Å². The number of aromatic nitrogens is 5. The van der Waals surface area contributed by atoms with Crippen LogP contribution in [0.25, 0.3) is 16.6 Å². The minimum atomic E-state index is -0.332. The lowest BCUT2D eigenvalue weighted by Crippen LogP contribution is -2.30. The van der Waals surface area contributed by atoms with Crippen molar-refractivity contribution >= 4 is 32.7 Å². The molecule has 0 radical (unpaired) electrons. The van der Waals surface area contributed by atoms with Crippen molar-refractivity contribution in [1.29, 1.82) is 0 Å². The molecule has 0 aliphatic rings. The van der Waals surface area contributed by atoms with E-state index in [1.54, 1.807) is 4.68 Å². The van der Waals surface area contributed by atoms with E-state index >= 15 is 0 Å². The zero-order valence-corrected chi connectivity index (χ0v) is 16.1. The Labute approximate surface area is 163 Å². The molecule has 2 heterocycles. The molecule has 4 aromatic rings. The fraction of sp³-hybridized carbons (Fsp3) is 0.158. The Balaban J connectivity index is 1.49. The number of halogens is 1. The second-order valence-electron chi connectivity index (χ2n) is 6.25. The fourth-order valence-corrected chi connectivity index (χ4v) is 3.30. The van der Waals surface area contributed by atoms with Gasteiger partial charge in [0.1, 0.15) is 0 Å². The maximum Gasteiger partial charge on any atom is 0.225 e. The number of H-pyrrole nitrogens is 1. The van der Waals surface area contributed by atoms with Crippen molar-refractivity contribution in [1.82, 2.24) is 30.5 Å². The normalized spacial score (nSPS) is 12.2. The van der Waals surface area contributed by atoms with Crippen LogP contribution in [0.1, 0.15) is 24.4 Å². The first-order valence-electron chi connectivity index (χ1n) is 8.50. The topological polar surface area (TPSA) is 88.5 Å². The van der Waals surface area contributed by atoms with E-state index in [-0.39, 0.29) is 18.4 Å². The summed E-state index contributed by atoms with van der Waals surface area (Å²) in [5.41, 5.74) is 2.81. The van der Waals surface area contributed by atoms with E-state index in [4.69, 9.17) is 0 Å². The molecule has 0 bridgehead atoms. The maximum atomic E-state index is 12.5. The summed E-state index contributed by atoms with van der Waals surface area (Å²) in [5.74, 6) is 0.488. The third-order valence-electron chi connectivity index (χ3n) is 4.36. The number of hydrogen-bond acceptors (Lipinski definition) is 4. The van der Waals surface area contributed by atoms with Gasteiger partial charge in [0, 0.05) is 21.6 Å². The third-order valence-corrected chi connectivity index (χ3v) is 4.88. The number of carbonyl (C=O) groups is 1. The number of tetrazole rings is 1. The number of amides is 1. The first kappa shape index (κ1) is 17.4. The molecule has 0 saturated carbocycles. The summed E-state index contributed by atoms with van der Waals surface area (Å²) in [4.78, 5) is 15.7. The largest absolute Gasteiger partial charge is 0.361 e. The smallest absolute Gasteiger partial charge is 0.225 e. The van der Waals surface area contributed by atoms with E-state index in [0.717, 1.165) is 26.6 Å². The molecule has 136 valence electrons. The third kappa shape index (κ3) is 3.61. The first-order chi connectivity index (χ1) is 13.1.